The molecule has 0 saturated heterocycles. The first kappa shape index (κ1) is 14.2. The molecule has 0 spiro atoms. The molecule has 2 heterocycles. The van der Waals surface area contributed by atoms with Gasteiger partial charge in [-0.1, -0.05) is 37.4 Å². The van der Waals surface area contributed by atoms with Crippen molar-refractivity contribution in [1.82, 2.24) is 0 Å². The summed E-state index contributed by atoms with van der Waals surface area (Å²) in [5.74, 6) is 0.370. The lowest BCUT2D eigenvalue weighted by molar-refractivity contribution is -0.482. The van der Waals surface area contributed by atoms with Gasteiger partial charge in [-0.15, -0.1) is 0 Å². The summed E-state index contributed by atoms with van der Waals surface area (Å²) in [4.78, 5) is 0. The number of unbranched alkanes of at least 4 members (excludes halogenated alkanes) is 2. The van der Waals surface area contributed by atoms with Gasteiger partial charge < -0.3 is 5.11 Å². The van der Waals surface area contributed by atoms with Crippen LogP contribution in [0, 0.1) is 0 Å². The van der Waals surface area contributed by atoms with Gasteiger partial charge in [0.25, 0.3) is 0 Å². The second-order valence-corrected chi connectivity index (χ2v) is 5.78. The fourth-order valence-corrected chi connectivity index (χ4v) is 3.18. The van der Waals surface area contributed by atoms with Gasteiger partial charge in [0, 0.05) is 12.1 Å². The second kappa shape index (κ2) is 5.90. The SMILES string of the molecule is CCCCCc1c(O)c2cccc(Cl)c2[n+]2ccccc12. The maximum Gasteiger partial charge on any atom is 0.240 e. The predicted octanol–water partition coefficient (Wildman–Crippen LogP) is 4.67. The van der Waals surface area contributed by atoms with Crippen LogP contribution in [-0.4, -0.2) is 5.11 Å². The maximum atomic E-state index is 10.7. The third kappa shape index (κ3) is 2.44. The third-order valence-electron chi connectivity index (χ3n) is 3.97. The number of para-hydroxylation sites is 1. The summed E-state index contributed by atoms with van der Waals surface area (Å²) >= 11 is 6.36. The molecular formula is C18H19ClNO+. The highest BCUT2D eigenvalue weighted by molar-refractivity contribution is 6.34. The quantitative estimate of drug-likeness (QED) is 0.422. The molecule has 3 heteroatoms. The molecule has 0 amide bonds. The Bertz CT molecular complexity index is 798. The van der Waals surface area contributed by atoms with E-state index < -0.39 is 0 Å². The minimum atomic E-state index is 0.370. The second-order valence-electron chi connectivity index (χ2n) is 5.38. The zero-order valence-electron chi connectivity index (χ0n) is 12.1. The van der Waals surface area contributed by atoms with E-state index in [1.165, 1.54) is 12.8 Å². The van der Waals surface area contributed by atoms with Gasteiger partial charge in [-0.25, -0.2) is 0 Å². The first-order valence-electron chi connectivity index (χ1n) is 7.46. The van der Waals surface area contributed by atoms with Crippen LogP contribution in [0.1, 0.15) is 31.7 Å². The van der Waals surface area contributed by atoms with E-state index in [0.29, 0.717) is 10.8 Å². The minimum Gasteiger partial charge on any atom is -0.507 e. The Kier molecular flexibility index (Phi) is 3.98. The highest BCUT2D eigenvalue weighted by atomic mass is 35.5. The molecule has 3 rings (SSSR count). The monoisotopic (exact) mass is 300 g/mol. The predicted molar refractivity (Wildman–Crippen MR) is 87.0 cm³/mol. The first-order valence-corrected chi connectivity index (χ1v) is 7.84. The number of fused-ring (bicyclic) bond motifs is 3. The molecule has 2 aromatic heterocycles. The van der Waals surface area contributed by atoms with Crippen molar-refractivity contribution in [2.75, 3.05) is 0 Å². The fourth-order valence-electron chi connectivity index (χ4n) is 2.92. The Hall–Kier alpha value is -1.80. The summed E-state index contributed by atoms with van der Waals surface area (Å²) in [7, 11) is 0. The molecule has 21 heavy (non-hydrogen) atoms. The van der Waals surface area contributed by atoms with Crippen molar-refractivity contribution in [3.8, 4) is 5.75 Å². The summed E-state index contributed by atoms with van der Waals surface area (Å²) in [6.07, 6.45) is 6.32. The molecule has 1 N–H and O–H groups in total. The molecule has 0 aliphatic heterocycles. The molecule has 0 saturated carbocycles. The molecule has 3 aromatic rings. The maximum absolute atomic E-state index is 10.7. The topological polar surface area (TPSA) is 24.3 Å². The average molecular weight is 301 g/mol. The number of halogens is 1. The number of rotatable bonds is 4. The Morgan fingerprint density at radius 1 is 1.10 bits per heavy atom. The summed E-state index contributed by atoms with van der Waals surface area (Å²) in [5, 5.41) is 12.2. The number of aromatic nitrogens is 1. The number of hydrogen-bond donors (Lipinski definition) is 1. The van der Waals surface area contributed by atoms with Crippen LogP contribution in [0.25, 0.3) is 16.4 Å². The van der Waals surface area contributed by atoms with Crippen LogP contribution in [0.15, 0.2) is 42.6 Å². The molecule has 0 radical (unpaired) electrons. The number of nitrogens with zero attached hydrogens (tertiary/aromatic N) is 1. The lowest BCUT2D eigenvalue weighted by Gasteiger charge is -2.08. The van der Waals surface area contributed by atoms with E-state index in [1.807, 2.05) is 42.6 Å². The van der Waals surface area contributed by atoms with Crippen molar-refractivity contribution in [2.45, 2.75) is 32.6 Å². The molecule has 0 atom stereocenters. The van der Waals surface area contributed by atoms with Gasteiger partial charge in [0.15, 0.2) is 6.20 Å². The number of aromatic hydroxyl groups is 1. The van der Waals surface area contributed by atoms with Crippen molar-refractivity contribution in [3.63, 3.8) is 0 Å². The van der Waals surface area contributed by atoms with Crippen LogP contribution in [-0.2, 0) is 6.42 Å². The number of aryl methyl sites for hydroxylation is 1. The molecule has 0 fully saturated rings. The number of hydrogen-bond acceptors (Lipinski definition) is 1. The normalized spacial score (nSPS) is 11.3. The Morgan fingerprint density at radius 2 is 1.95 bits per heavy atom. The first-order chi connectivity index (χ1) is 10.2. The van der Waals surface area contributed by atoms with Crippen molar-refractivity contribution in [2.24, 2.45) is 0 Å². The zero-order valence-corrected chi connectivity index (χ0v) is 12.9. The lowest BCUT2D eigenvalue weighted by atomic mass is 10.0. The van der Waals surface area contributed by atoms with Gasteiger partial charge in [-0.2, -0.15) is 4.40 Å². The van der Waals surface area contributed by atoms with E-state index in [0.717, 1.165) is 34.8 Å². The van der Waals surface area contributed by atoms with Gasteiger partial charge in [-0.3, -0.25) is 0 Å². The largest absolute Gasteiger partial charge is 0.507 e. The van der Waals surface area contributed by atoms with E-state index in [-0.39, 0.29) is 0 Å². The number of benzene rings is 1. The van der Waals surface area contributed by atoms with Crippen LogP contribution in [0.4, 0.5) is 0 Å². The summed E-state index contributed by atoms with van der Waals surface area (Å²) < 4.78 is 2.08. The molecule has 0 aliphatic rings. The molecule has 2 nitrogen and oxygen atoms in total. The van der Waals surface area contributed by atoms with Crippen LogP contribution >= 0.6 is 11.6 Å². The Labute approximate surface area is 129 Å². The molecule has 108 valence electrons. The minimum absolute atomic E-state index is 0.370. The third-order valence-corrected chi connectivity index (χ3v) is 4.27. The molecule has 0 bridgehead atoms. The Morgan fingerprint density at radius 3 is 2.76 bits per heavy atom. The Balaban J connectivity index is 2.32. The van der Waals surface area contributed by atoms with E-state index in [1.54, 1.807) is 0 Å². The van der Waals surface area contributed by atoms with Gasteiger partial charge in [-0.05, 0) is 31.0 Å². The highest BCUT2D eigenvalue weighted by Gasteiger charge is 2.21. The van der Waals surface area contributed by atoms with Crippen molar-refractivity contribution < 1.29 is 9.51 Å². The zero-order chi connectivity index (χ0) is 14.8. The van der Waals surface area contributed by atoms with Crippen LogP contribution in [0.5, 0.6) is 5.75 Å². The lowest BCUT2D eigenvalue weighted by Crippen LogP contribution is -2.24. The van der Waals surface area contributed by atoms with E-state index >= 15 is 0 Å². The number of pyridine rings is 2. The van der Waals surface area contributed by atoms with Crippen LogP contribution < -0.4 is 4.40 Å². The summed E-state index contributed by atoms with van der Waals surface area (Å²) in [5.41, 5.74) is 2.91. The van der Waals surface area contributed by atoms with Crippen molar-refractivity contribution in [1.29, 1.82) is 0 Å². The summed E-state index contributed by atoms with van der Waals surface area (Å²) in [6, 6.07) is 11.7. The molecule has 0 aliphatic carbocycles. The average Bonchev–Trinajstić information content (AvgIpc) is 2.50. The van der Waals surface area contributed by atoms with Crippen LogP contribution in [0.3, 0.4) is 0 Å². The van der Waals surface area contributed by atoms with Crippen molar-refractivity contribution >= 4 is 28.0 Å². The molecular weight excluding hydrogens is 282 g/mol. The van der Waals surface area contributed by atoms with E-state index in [2.05, 4.69) is 11.3 Å². The molecule has 1 aromatic carbocycles. The van der Waals surface area contributed by atoms with Gasteiger partial charge in [0.1, 0.15) is 10.8 Å². The standard InChI is InChI=1S/C18H18ClNO/c1-2-3-4-8-13-16-11-5-6-12-20(16)17-14(18(13)21)9-7-10-15(17)19/h5-7,9-12H,2-4,8H2,1H3/p+1. The van der Waals surface area contributed by atoms with E-state index in [9.17, 15) is 5.11 Å². The van der Waals surface area contributed by atoms with E-state index in [4.69, 9.17) is 11.6 Å². The fraction of sp³-hybridized carbons (Fsp3) is 0.278. The smallest absolute Gasteiger partial charge is 0.240 e. The van der Waals surface area contributed by atoms with Gasteiger partial charge >= 0.3 is 0 Å². The summed E-state index contributed by atoms with van der Waals surface area (Å²) in [6.45, 7) is 2.19. The van der Waals surface area contributed by atoms with Crippen molar-refractivity contribution in [3.05, 3.63) is 53.2 Å². The van der Waals surface area contributed by atoms with Crippen LogP contribution in [0.2, 0.25) is 5.02 Å². The highest BCUT2D eigenvalue weighted by Crippen LogP contribution is 2.33. The molecule has 0 unspecified atom stereocenters. The van der Waals surface area contributed by atoms with Gasteiger partial charge in [0.2, 0.25) is 11.0 Å². The van der Waals surface area contributed by atoms with Gasteiger partial charge in [0.05, 0.1) is 10.9 Å².